The molecular formula is C20H19FN4O4. The Kier molecular flexibility index (Phi) is 5.87. The summed E-state index contributed by atoms with van der Waals surface area (Å²) in [5, 5.41) is 17.8. The summed E-state index contributed by atoms with van der Waals surface area (Å²) < 4.78 is 20.1. The predicted octanol–water partition coefficient (Wildman–Crippen LogP) is 3.48. The van der Waals surface area contributed by atoms with Crippen LogP contribution in [0.15, 0.2) is 54.7 Å². The lowest BCUT2D eigenvalue weighted by atomic mass is 10.1. The zero-order chi connectivity index (χ0) is 21.0. The number of nitrogens with zero attached hydrogens (tertiary/aromatic N) is 3. The Morgan fingerprint density at radius 3 is 2.52 bits per heavy atom. The van der Waals surface area contributed by atoms with Crippen LogP contribution in [0.2, 0.25) is 0 Å². The minimum atomic E-state index is -0.507. The van der Waals surface area contributed by atoms with Crippen molar-refractivity contribution < 1.29 is 18.8 Å². The van der Waals surface area contributed by atoms with Crippen LogP contribution >= 0.6 is 0 Å². The van der Waals surface area contributed by atoms with Crippen molar-refractivity contribution in [2.45, 2.75) is 19.9 Å². The second-order valence-corrected chi connectivity index (χ2v) is 6.40. The molecule has 0 saturated heterocycles. The third kappa shape index (κ3) is 4.75. The van der Waals surface area contributed by atoms with Crippen LogP contribution in [0.4, 0.5) is 10.1 Å². The fraction of sp³-hybridized carbons (Fsp3) is 0.200. The molecule has 0 aliphatic carbocycles. The molecular weight excluding hydrogens is 379 g/mol. The van der Waals surface area contributed by atoms with Crippen molar-refractivity contribution in [1.82, 2.24) is 15.1 Å². The van der Waals surface area contributed by atoms with Crippen molar-refractivity contribution in [3.63, 3.8) is 0 Å². The number of non-ortho nitro benzene ring substituents is 1. The summed E-state index contributed by atoms with van der Waals surface area (Å²) in [6.45, 7) is 3.46. The number of nitro groups is 1. The van der Waals surface area contributed by atoms with Crippen molar-refractivity contribution in [2.75, 3.05) is 6.61 Å². The maximum atomic E-state index is 13.1. The van der Waals surface area contributed by atoms with Crippen LogP contribution in [0.25, 0.3) is 5.69 Å². The first-order valence-corrected chi connectivity index (χ1v) is 8.82. The summed E-state index contributed by atoms with van der Waals surface area (Å²) in [5.74, 6) is -0.309. The molecule has 1 N–H and O–H groups in total. The van der Waals surface area contributed by atoms with Gasteiger partial charge in [-0.2, -0.15) is 5.10 Å². The van der Waals surface area contributed by atoms with Crippen LogP contribution in [0.5, 0.6) is 5.75 Å². The molecule has 29 heavy (non-hydrogen) atoms. The van der Waals surface area contributed by atoms with Gasteiger partial charge >= 0.3 is 0 Å². The van der Waals surface area contributed by atoms with E-state index in [2.05, 4.69) is 10.4 Å². The van der Waals surface area contributed by atoms with E-state index in [1.54, 1.807) is 23.0 Å². The number of benzene rings is 2. The summed E-state index contributed by atoms with van der Waals surface area (Å²) in [5.41, 5.74) is 2.30. The maximum Gasteiger partial charge on any atom is 0.269 e. The highest BCUT2D eigenvalue weighted by atomic mass is 19.1. The molecule has 0 saturated carbocycles. The fourth-order valence-corrected chi connectivity index (χ4v) is 2.86. The van der Waals surface area contributed by atoms with Gasteiger partial charge in [-0.25, -0.2) is 9.07 Å². The van der Waals surface area contributed by atoms with Crippen LogP contribution < -0.4 is 10.1 Å². The third-order valence-corrected chi connectivity index (χ3v) is 4.38. The lowest BCUT2D eigenvalue weighted by Crippen LogP contribution is -2.31. The average Bonchev–Trinajstić information content (AvgIpc) is 3.09. The van der Waals surface area contributed by atoms with E-state index in [-0.39, 0.29) is 30.1 Å². The van der Waals surface area contributed by atoms with E-state index in [0.717, 1.165) is 16.9 Å². The number of carbonyl (C=O) groups is 1. The standard InChI is InChI=1S/C20H19FN4O4/c1-13(19-11-22-24(14(19)2)16-5-3-15(21)4-6-16)23-20(26)12-29-18-9-7-17(8-10-18)25(27)28/h3-11,13H,12H2,1-2H3,(H,23,26). The van der Waals surface area contributed by atoms with Crippen LogP contribution in [0.3, 0.4) is 0 Å². The lowest BCUT2D eigenvalue weighted by Gasteiger charge is -2.14. The zero-order valence-electron chi connectivity index (χ0n) is 15.8. The minimum Gasteiger partial charge on any atom is -0.484 e. The molecule has 0 spiro atoms. The second-order valence-electron chi connectivity index (χ2n) is 6.40. The number of hydrogen-bond acceptors (Lipinski definition) is 5. The van der Waals surface area contributed by atoms with Crippen LogP contribution in [0, 0.1) is 22.9 Å². The molecule has 1 aromatic heterocycles. The largest absolute Gasteiger partial charge is 0.484 e. The molecule has 0 aliphatic heterocycles. The molecule has 1 unspecified atom stereocenters. The van der Waals surface area contributed by atoms with Crippen molar-refractivity contribution >= 4 is 11.6 Å². The molecule has 150 valence electrons. The second kappa shape index (κ2) is 8.51. The van der Waals surface area contributed by atoms with Gasteiger partial charge < -0.3 is 10.1 Å². The number of amides is 1. The zero-order valence-corrected chi connectivity index (χ0v) is 15.8. The first-order valence-electron chi connectivity index (χ1n) is 8.82. The van der Waals surface area contributed by atoms with Gasteiger partial charge in [-0.3, -0.25) is 14.9 Å². The van der Waals surface area contributed by atoms with Gasteiger partial charge in [0.2, 0.25) is 0 Å². The molecule has 9 heteroatoms. The van der Waals surface area contributed by atoms with E-state index in [9.17, 15) is 19.3 Å². The quantitative estimate of drug-likeness (QED) is 0.485. The highest BCUT2D eigenvalue weighted by Gasteiger charge is 2.17. The molecule has 1 amide bonds. The third-order valence-electron chi connectivity index (χ3n) is 4.38. The molecule has 0 fully saturated rings. The Balaban J connectivity index is 1.59. The Hall–Kier alpha value is -3.75. The predicted molar refractivity (Wildman–Crippen MR) is 103 cm³/mol. The summed E-state index contributed by atoms with van der Waals surface area (Å²) in [6.07, 6.45) is 1.65. The van der Waals surface area contributed by atoms with Gasteiger partial charge in [0.15, 0.2) is 6.61 Å². The lowest BCUT2D eigenvalue weighted by molar-refractivity contribution is -0.384. The molecule has 0 bridgehead atoms. The Morgan fingerprint density at radius 2 is 1.90 bits per heavy atom. The number of hydrogen-bond donors (Lipinski definition) is 1. The van der Waals surface area contributed by atoms with Gasteiger partial charge in [0, 0.05) is 23.4 Å². The highest BCUT2D eigenvalue weighted by Crippen LogP contribution is 2.21. The van der Waals surface area contributed by atoms with E-state index in [1.165, 1.54) is 36.4 Å². The van der Waals surface area contributed by atoms with Crippen LogP contribution in [-0.4, -0.2) is 27.2 Å². The average molecular weight is 398 g/mol. The summed E-state index contributed by atoms with van der Waals surface area (Å²) in [4.78, 5) is 22.3. The number of ether oxygens (including phenoxy) is 1. The first-order chi connectivity index (χ1) is 13.8. The van der Waals surface area contributed by atoms with Gasteiger partial charge in [-0.1, -0.05) is 0 Å². The van der Waals surface area contributed by atoms with Gasteiger partial charge in [0.25, 0.3) is 11.6 Å². The number of carbonyl (C=O) groups excluding carboxylic acids is 1. The topological polar surface area (TPSA) is 99.3 Å². The molecule has 8 nitrogen and oxygen atoms in total. The van der Waals surface area contributed by atoms with E-state index in [4.69, 9.17) is 4.74 Å². The van der Waals surface area contributed by atoms with Crippen molar-refractivity contribution in [3.05, 3.63) is 81.9 Å². The number of aromatic nitrogens is 2. The highest BCUT2D eigenvalue weighted by molar-refractivity contribution is 5.78. The van der Waals surface area contributed by atoms with Gasteiger partial charge in [0.05, 0.1) is 22.8 Å². The molecule has 0 aliphatic rings. The summed E-state index contributed by atoms with van der Waals surface area (Å²) in [7, 11) is 0. The van der Waals surface area contributed by atoms with Gasteiger partial charge in [0.1, 0.15) is 11.6 Å². The van der Waals surface area contributed by atoms with Crippen molar-refractivity contribution in [2.24, 2.45) is 0 Å². The van der Waals surface area contributed by atoms with E-state index in [1.807, 2.05) is 13.8 Å². The van der Waals surface area contributed by atoms with Crippen LogP contribution in [-0.2, 0) is 4.79 Å². The van der Waals surface area contributed by atoms with E-state index in [0.29, 0.717) is 5.75 Å². The molecule has 0 radical (unpaired) electrons. The molecule has 2 aromatic carbocycles. The normalized spacial score (nSPS) is 11.7. The van der Waals surface area contributed by atoms with Gasteiger partial charge in [-0.15, -0.1) is 0 Å². The van der Waals surface area contributed by atoms with Crippen LogP contribution in [0.1, 0.15) is 24.2 Å². The Labute approximate surface area is 166 Å². The Bertz CT molecular complexity index is 1020. The molecule has 1 atom stereocenters. The first kappa shape index (κ1) is 20.0. The maximum absolute atomic E-state index is 13.1. The number of halogens is 1. The smallest absolute Gasteiger partial charge is 0.269 e. The number of nitrogens with one attached hydrogen (secondary N) is 1. The van der Waals surface area contributed by atoms with Crippen molar-refractivity contribution in [1.29, 1.82) is 0 Å². The Morgan fingerprint density at radius 1 is 1.24 bits per heavy atom. The number of rotatable bonds is 7. The molecule has 1 heterocycles. The molecule has 3 rings (SSSR count). The van der Waals surface area contributed by atoms with E-state index >= 15 is 0 Å². The van der Waals surface area contributed by atoms with E-state index < -0.39 is 4.92 Å². The summed E-state index contributed by atoms with van der Waals surface area (Å²) >= 11 is 0. The van der Waals surface area contributed by atoms with Gasteiger partial charge in [-0.05, 0) is 50.2 Å². The number of nitro benzene ring substituents is 1. The fourth-order valence-electron chi connectivity index (χ4n) is 2.86. The SMILES string of the molecule is Cc1c(C(C)NC(=O)COc2ccc([N+](=O)[O-])cc2)cnn1-c1ccc(F)cc1. The summed E-state index contributed by atoms with van der Waals surface area (Å²) in [6, 6.07) is 11.1. The minimum absolute atomic E-state index is 0.0518. The molecule has 3 aromatic rings. The monoisotopic (exact) mass is 398 g/mol. The van der Waals surface area contributed by atoms with Crippen molar-refractivity contribution in [3.8, 4) is 11.4 Å².